The summed E-state index contributed by atoms with van der Waals surface area (Å²) in [5, 5.41) is 9.23. The Morgan fingerprint density at radius 1 is 0.944 bits per heavy atom. The average molecular weight is 242 g/mol. The van der Waals surface area contributed by atoms with Crippen LogP contribution in [0.3, 0.4) is 0 Å². The number of aliphatic hydroxyl groups is 1. The Morgan fingerprint density at radius 2 is 1.50 bits per heavy atom. The van der Waals surface area contributed by atoms with Gasteiger partial charge in [0.15, 0.2) is 0 Å². The first kappa shape index (κ1) is 12.7. The zero-order chi connectivity index (χ0) is 13.1. The zero-order valence-electron chi connectivity index (χ0n) is 11.1. The third kappa shape index (κ3) is 2.74. The van der Waals surface area contributed by atoms with Crippen LogP contribution in [0.1, 0.15) is 33.9 Å². The van der Waals surface area contributed by atoms with Crippen LogP contribution in [-0.2, 0) is 13.0 Å². The molecule has 0 amide bonds. The number of aliphatic hydroxyl groups excluding tert-OH is 1. The molecule has 0 aliphatic heterocycles. The molecule has 0 aliphatic rings. The van der Waals surface area contributed by atoms with Gasteiger partial charge in [-0.2, -0.15) is 0 Å². The Bertz CT molecular complexity index is 524. The summed E-state index contributed by atoms with van der Waals surface area (Å²) in [6.07, 6.45) is 0.730. The number of benzene rings is 1. The van der Waals surface area contributed by atoms with Gasteiger partial charge in [-0.3, -0.25) is 0 Å². The molecule has 18 heavy (non-hydrogen) atoms. The molecule has 0 aliphatic carbocycles. The lowest BCUT2D eigenvalue weighted by molar-refractivity contribution is 0.279. The van der Waals surface area contributed by atoms with Gasteiger partial charge in [0.1, 0.15) is 5.82 Å². The Hall–Kier alpha value is -1.74. The van der Waals surface area contributed by atoms with E-state index in [4.69, 9.17) is 0 Å². The Labute approximate surface area is 108 Å². The van der Waals surface area contributed by atoms with E-state index in [0.29, 0.717) is 0 Å². The van der Waals surface area contributed by atoms with Gasteiger partial charge in [0, 0.05) is 23.4 Å². The summed E-state index contributed by atoms with van der Waals surface area (Å²) >= 11 is 0. The topological polar surface area (TPSA) is 46.0 Å². The molecule has 0 bridgehead atoms. The summed E-state index contributed by atoms with van der Waals surface area (Å²) in [6, 6.07) is 8.39. The summed E-state index contributed by atoms with van der Waals surface area (Å²) in [4.78, 5) is 8.90. The van der Waals surface area contributed by atoms with Crippen molar-refractivity contribution in [1.82, 2.24) is 9.97 Å². The quantitative estimate of drug-likeness (QED) is 0.899. The van der Waals surface area contributed by atoms with Crippen molar-refractivity contribution in [2.75, 3.05) is 0 Å². The minimum Gasteiger partial charge on any atom is -0.392 e. The predicted octanol–water partition coefficient (Wildman–Crippen LogP) is 2.48. The summed E-state index contributed by atoms with van der Waals surface area (Å²) in [6.45, 7) is 5.91. The van der Waals surface area contributed by atoms with Crippen LogP contribution in [0.5, 0.6) is 0 Å². The fourth-order valence-corrected chi connectivity index (χ4v) is 2.01. The molecule has 0 unspecified atom stereocenters. The molecule has 3 heteroatoms. The van der Waals surface area contributed by atoms with Crippen molar-refractivity contribution >= 4 is 0 Å². The van der Waals surface area contributed by atoms with Crippen molar-refractivity contribution in [3.8, 4) is 0 Å². The molecule has 0 saturated carbocycles. The standard InChI is InChI=1S/C15H18N2O/c1-10-4-6-13(7-5-10)8-15-16-11(2)14(9-18)12(3)17-15/h4-7,18H,8-9H2,1-3H3. The molecule has 3 nitrogen and oxygen atoms in total. The van der Waals surface area contributed by atoms with E-state index < -0.39 is 0 Å². The fraction of sp³-hybridized carbons (Fsp3) is 0.333. The molecule has 0 fully saturated rings. The summed E-state index contributed by atoms with van der Waals surface area (Å²) in [5.41, 5.74) is 5.03. The minimum atomic E-state index is 0.00246. The SMILES string of the molecule is Cc1ccc(Cc2nc(C)c(CO)c(C)n2)cc1. The van der Waals surface area contributed by atoms with Gasteiger partial charge in [-0.05, 0) is 26.3 Å². The first-order valence-corrected chi connectivity index (χ1v) is 6.09. The summed E-state index contributed by atoms with van der Waals surface area (Å²) in [7, 11) is 0. The molecule has 1 aromatic carbocycles. The predicted molar refractivity (Wildman–Crippen MR) is 71.4 cm³/mol. The van der Waals surface area contributed by atoms with Gasteiger partial charge in [-0.15, -0.1) is 0 Å². The van der Waals surface area contributed by atoms with E-state index in [-0.39, 0.29) is 6.61 Å². The Morgan fingerprint density at radius 3 is 2.00 bits per heavy atom. The van der Waals surface area contributed by atoms with Crippen LogP contribution in [0, 0.1) is 20.8 Å². The normalized spacial score (nSPS) is 10.7. The molecule has 0 atom stereocenters. The van der Waals surface area contributed by atoms with Crippen molar-refractivity contribution in [3.05, 3.63) is 58.2 Å². The molecular weight excluding hydrogens is 224 g/mol. The first-order valence-electron chi connectivity index (χ1n) is 6.09. The van der Waals surface area contributed by atoms with Gasteiger partial charge in [0.05, 0.1) is 6.61 Å². The third-order valence-electron chi connectivity index (χ3n) is 3.11. The molecule has 0 radical (unpaired) electrons. The lowest BCUT2D eigenvalue weighted by Gasteiger charge is -2.08. The Balaban J connectivity index is 2.27. The van der Waals surface area contributed by atoms with E-state index in [1.165, 1.54) is 11.1 Å². The maximum atomic E-state index is 9.23. The fourth-order valence-electron chi connectivity index (χ4n) is 2.01. The molecule has 0 spiro atoms. The number of aryl methyl sites for hydroxylation is 3. The van der Waals surface area contributed by atoms with Crippen molar-refractivity contribution in [3.63, 3.8) is 0 Å². The second-order valence-corrected chi connectivity index (χ2v) is 4.61. The van der Waals surface area contributed by atoms with Gasteiger partial charge < -0.3 is 5.11 Å². The van der Waals surface area contributed by atoms with Gasteiger partial charge in [0.2, 0.25) is 0 Å². The van der Waals surface area contributed by atoms with Gasteiger partial charge in [-0.1, -0.05) is 29.8 Å². The number of rotatable bonds is 3. The van der Waals surface area contributed by atoms with Gasteiger partial charge in [-0.25, -0.2) is 9.97 Å². The first-order chi connectivity index (χ1) is 8.60. The third-order valence-corrected chi connectivity index (χ3v) is 3.11. The summed E-state index contributed by atoms with van der Waals surface area (Å²) < 4.78 is 0. The van der Waals surface area contributed by atoms with Crippen LogP contribution in [0.2, 0.25) is 0 Å². The van der Waals surface area contributed by atoms with E-state index in [0.717, 1.165) is 29.2 Å². The monoisotopic (exact) mass is 242 g/mol. The molecule has 2 aromatic rings. The number of aromatic nitrogens is 2. The van der Waals surface area contributed by atoms with Crippen LogP contribution >= 0.6 is 0 Å². The van der Waals surface area contributed by atoms with E-state index in [2.05, 4.69) is 41.2 Å². The van der Waals surface area contributed by atoms with E-state index >= 15 is 0 Å². The van der Waals surface area contributed by atoms with E-state index in [9.17, 15) is 5.11 Å². The molecule has 94 valence electrons. The highest BCUT2D eigenvalue weighted by Gasteiger charge is 2.07. The van der Waals surface area contributed by atoms with Crippen molar-refractivity contribution < 1.29 is 5.11 Å². The van der Waals surface area contributed by atoms with Crippen LogP contribution in [0.4, 0.5) is 0 Å². The lowest BCUT2D eigenvalue weighted by atomic mass is 10.1. The second-order valence-electron chi connectivity index (χ2n) is 4.61. The van der Waals surface area contributed by atoms with Gasteiger partial charge in [0.25, 0.3) is 0 Å². The highest BCUT2D eigenvalue weighted by Crippen LogP contribution is 2.13. The largest absolute Gasteiger partial charge is 0.392 e. The van der Waals surface area contributed by atoms with Crippen LogP contribution < -0.4 is 0 Å². The minimum absolute atomic E-state index is 0.00246. The average Bonchev–Trinajstić information content (AvgIpc) is 2.32. The summed E-state index contributed by atoms with van der Waals surface area (Å²) in [5.74, 6) is 0.811. The van der Waals surface area contributed by atoms with Crippen LogP contribution in [0.15, 0.2) is 24.3 Å². The number of nitrogens with zero attached hydrogens (tertiary/aromatic N) is 2. The lowest BCUT2D eigenvalue weighted by Crippen LogP contribution is -2.06. The molecule has 1 aromatic heterocycles. The van der Waals surface area contributed by atoms with Crippen molar-refractivity contribution in [2.24, 2.45) is 0 Å². The number of hydrogen-bond acceptors (Lipinski definition) is 3. The van der Waals surface area contributed by atoms with Gasteiger partial charge >= 0.3 is 0 Å². The van der Waals surface area contributed by atoms with Crippen LogP contribution in [-0.4, -0.2) is 15.1 Å². The molecule has 2 rings (SSSR count). The maximum absolute atomic E-state index is 9.23. The molecule has 0 saturated heterocycles. The highest BCUT2D eigenvalue weighted by atomic mass is 16.3. The smallest absolute Gasteiger partial charge is 0.133 e. The molecular formula is C15H18N2O. The van der Waals surface area contributed by atoms with Crippen molar-refractivity contribution in [2.45, 2.75) is 33.8 Å². The maximum Gasteiger partial charge on any atom is 0.133 e. The molecule has 1 N–H and O–H groups in total. The number of hydrogen-bond donors (Lipinski definition) is 1. The molecule has 1 heterocycles. The Kier molecular flexibility index (Phi) is 3.72. The van der Waals surface area contributed by atoms with E-state index in [1.807, 2.05) is 13.8 Å². The van der Waals surface area contributed by atoms with Crippen molar-refractivity contribution in [1.29, 1.82) is 0 Å². The zero-order valence-corrected chi connectivity index (χ0v) is 11.1. The second kappa shape index (κ2) is 5.27. The van der Waals surface area contributed by atoms with E-state index in [1.54, 1.807) is 0 Å². The van der Waals surface area contributed by atoms with Crippen LogP contribution in [0.25, 0.3) is 0 Å². The highest BCUT2D eigenvalue weighted by molar-refractivity contribution is 5.27.